The number of carbonyl (C=O) groups is 4. The molecular formula is C98H109N21O18S4. The van der Waals surface area contributed by atoms with E-state index >= 15 is 0 Å². The number of fused-ring (bicyclic) bond motifs is 4. The summed E-state index contributed by atoms with van der Waals surface area (Å²) in [6.07, 6.45) is 14.8. The SMILES string of the molecule is CCc1cc(C(Nc2ccc(/C(N)=N\OCc3ccc(OC)cc3)cc2)C(=O)NS(N)(=O)=O)cc2c(C)coc12.CCc1cc(C(Nc2ccc(C(=N)N)cc2)C(=O)NS(=O)(=O)c2cn(C)cn2)cc2c(C)coc12.CCc1cc([C@@H](Nc2ccc(C(=N)N)cc2)C(=O)NS(=O)(=O)c2cn(C)cn2)cc2c(C)coc12.Cc1coc2c(C(C)C)cc(C(Nc3ccc(C(=N)N)cc3)C(=O)NS(C)(=O)=O)cc12. The van der Waals surface area contributed by atoms with Gasteiger partial charge in [-0.3, -0.25) is 40.1 Å². The van der Waals surface area contributed by atoms with Crippen molar-refractivity contribution >= 4 is 154 Å². The number of anilines is 4. The Balaban J connectivity index is 0.000000169. The molecule has 0 saturated carbocycles. The highest BCUT2D eigenvalue weighted by Gasteiger charge is 2.34. The van der Waals surface area contributed by atoms with Gasteiger partial charge in [0.2, 0.25) is 10.0 Å². The summed E-state index contributed by atoms with van der Waals surface area (Å²) >= 11 is 0. The third kappa shape index (κ3) is 26.0. The zero-order valence-electron chi connectivity index (χ0n) is 79.1. The van der Waals surface area contributed by atoms with Crippen molar-refractivity contribution in [3.8, 4) is 5.75 Å². The van der Waals surface area contributed by atoms with E-state index in [1.165, 1.54) is 34.2 Å². The second-order valence-electron chi connectivity index (χ2n) is 33.4. The third-order valence-electron chi connectivity index (χ3n) is 22.4. The number of nitrogens with one attached hydrogen (secondary N) is 11. The van der Waals surface area contributed by atoms with Crippen molar-refractivity contribution in [2.24, 2.45) is 47.3 Å². The van der Waals surface area contributed by atoms with Gasteiger partial charge in [0.05, 0.1) is 51.1 Å². The Kier molecular flexibility index (Phi) is 32.5. The Morgan fingerprint density at radius 3 is 1.03 bits per heavy atom. The zero-order valence-corrected chi connectivity index (χ0v) is 82.4. The molecule has 3 unspecified atom stereocenters. The summed E-state index contributed by atoms with van der Waals surface area (Å²) in [6, 6.07) is 44.6. The summed E-state index contributed by atoms with van der Waals surface area (Å²) in [6.45, 7) is 17.8. The van der Waals surface area contributed by atoms with E-state index in [0.717, 1.165) is 106 Å². The lowest BCUT2D eigenvalue weighted by molar-refractivity contribution is -0.121. The standard InChI is InChI=1S/C28H31N5O6S.2C24H26N6O4S.C22H26N4O4S/c1-4-19-13-21(14-24-17(2)15-38-26(19)24)25(28(34)33-40(30,35)36)31-22-9-7-20(8-10-22)27(29)32-39-16-18-5-11-23(37-3)12-6-18;2*1-4-15-9-17(10-19-14(2)12-34-22(15)19)21(28-18-7-5-16(6-8-18)23(25)26)24(31)29-35(32,33)20-11-30(3)13-27-20;1-12(2)17-9-15(10-18-13(3)11-30-20(17)18)19(22(27)26-31(4,28)29)25-16-7-5-14(6-8-16)21(23)24/h5-15,25,31H,4,16H2,1-3H3,(H2,29,32)(H,33,34)(H2,30,35,36);2*5-13,21,28H,4H2,1-3H3,(H3,25,26)(H,29,31);5-12,19,25H,1-4H3,(H3,23,24)(H,26,27)/t;21-;;/m.1../s1. The van der Waals surface area contributed by atoms with E-state index in [2.05, 4.69) is 50.6 Å². The molecule has 0 saturated heterocycles. The van der Waals surface area contributed by atoms with Crippen LogP contribution >= 0.6 is 0 Å². The summed E-state index contributed by atoms with van der Waals surface area (Å²) < 4.78 is 137. The number of furan rings is 4. The molecule has 43 heteroatoms. The molecule has 0 aliphatic heterocycles. The van der Waals surface area contributed by atoms with E-state index in [1.54, 1.807) is 149 Å². The smallest absolute Gasteiger partial charge is 0.298 e. The first-order valence-corrected chi connectivity index (χ1v) is 50.2. The first-order chi connectivity index (χ1) is 66.7. The summed E-state index contributed by atoms with van der Waals surface area (Å²) in [4.78, 5) is 65.9. The number of nitrogens with two attached hydrogens (primary N) is 5. The fourth-order valence-corrected chi connectivity index (χ4v) is 17.9. The number of nitrogen functional groups attached to an aromatic ring is 3. The lowest BCUT2D eigenvalue weighted by Crippen LogP contribution is -2.41. The average molecular weight is 2000 g/mol. The predicted octanol–water partition coefficient (Wildman–Crippen LogP) is 13.0. The quantitative estimate of drug-likeness (QED) is 0.0101. The van der Waals surface area contributed by atoms with Crippen LogP contribution in [0.4, 0.5) is 22.7 Å². The molecule has 6 aromatic heterocycles. The molecule has 4 atom stereocenters. The number of benzene rings is 9. The second kappa shape index (κ2) is 44.1. The lowest BCUT2D eigenvalue weighted by atomic mass is 9.94. The van der Waals surface area contributed by atoms with E-state index in [0.29, 0.717) is 86.5 Å². The van der Waals surface area contributed by atoms with E-state index in [9.17, 15) is 52.8 Å². The molecule has 9 aromatic carbocycles. The number of sulfonamides is 3. The molecule has 0 fully saturated rings. The Labute approximate surface area is 813 Å². The number of aryl methyl sites for hydroxylation is 9. The van der Waals surface area contributed by atoms with Crippen LogP contribution in [0, 0.1) is 43.9 Å². The summed E-state index contributed by atoms with van der Waals surface area (Å²) in [7, 11) is -11.6. The van der Waals surface area contributed by atoms with Crippen molar-refractivity contribution < 1.29 is 80.1 Å². The first-order valence-electron chi connectivity index (χ1n) is 43.8. The highest BCUT2D eigenvalue weighted by atomic mass is 32.2. The fraction of sp³-hybridized carbons (Fsp3) is 0.224. The van der Waals surface area contributed by atoms with Gasteiger partial charge in [-0.15, -0.1) is 0 Å². The fourth-order valence-electron chi connectivity index (χ4n) is 15.0. The number of aromatic nitrogens is 4. The number of amides is 4. The lowest BCUT2D eigenvalue weighted by Gasteiger charge is -2.21. The topological polar surface area (TPSA) is 622 Å². The molecule has 0 radical (unpaired) electrons. The second-order valence-corrected chi connectivity index (χ2v) is 39.8. The zero-order chi connectivity index (χ0) is 102. The number of nitrogens with zero attached hydrogens (tertiary/aromatic N) is 5. The molecular weight excluding hydrogens is 1890 g/mol. The molecule has 738 valence electrons. The predicted molar refractivity (Wildman–Crippen MR) is 540 cm³/mol. The molecule has 6 heterocycles. The van der Waals surface area contributed by atoms with Gasteiger partial charge >= 0.3 is 0 Å². The Bertz CT molecular complexity index is 7490. The number of hydrogen-bond acceptors (Lipinski definition) is 28. The molecule has 15 aromatic rings. The monoisotopic (exact) mass is 2000 g/mol. The van der Waals surface area contributed by atoms with Crippen molar-refractivity contribution in [3.05, 3.63) is 315 Å². The number of carbonyl (C=O) groups excluding carboxylic acids is 4. The van der Waals surface area contributed by atoms with Crippen LogP contribution < -0.4 is 73.0 Å². The highest BCUT2D eigenvalue weighted by molar-refractivity contribution is 7.90. The van der Waals surface area contributed by atoms with Crippen molar-refractivity contribution in [3.63, 3.8) is 0 Å². The molecule has 4 amide bonds. The minimum atomic E-state index is -4.29. The summed E-state index contributed by atoms with van der Waals surface area (Å²) in [5.74, 6) is -2.27. The van der Waals surface area contributed by atoms with Crippen LogP contribution in [0.5, 0.6) is 5.75 Å². The van der Waals surface area contributed by atoms with Crippen LogP contribution in [0.1, 0.15) is 159 Å². The molecule has 15 rings (SSSR count). The Morgan fingerprint density at radius 2 is 0.738 bits per heavy atom. The minimum Gasteiger partial charge on any atom is -0.497 e. The molecule has 0 bridgehead atoms. The maximum Gasteiger partial charge on any atom is 0.298 e. The van der Waals surface area contributed by atoms with Gasteiger partial charge in [0.1, 0.15) is 76.4 Å². The van der Waals surface area contributed by atoms with Gasteiger partial charge < -0.3 is 80.6 Å². The largest absolute Gasteiger partial charge is 0.497 e. The molecule has 0 aliphatic rings. The number of imidazole rings is 2. The summed E-state index contributed by atoms with van der Waals surface area (Å²) in [5, 5.41) is 47.1. The van der Waals surface area contributed by atoms with Gasteiger partial charge in [-0.05, 0) is 283 Å². The molecule has 21 N–H and O–H groups in total. The number of hydrogen-bond donors (Lipinski definition) is 16. The maximum absolute atomic E-state index is 13.4. The van der Waals surface area contributed by atoms with Crippen LogP contribution in [-0.4, -0.2) is 113 Å². The van der Waals surface area contributed by atoms with Gasteiger partial charge in [-0.1, -0.05) is 51.9 Å². The number of ether oxygens (including phenoxy) is 1. The van der Waals surface area contributed by atoms with Gasteiger partial charge in [0.15, 0.2) is 15.9 Å². The van der Waals surface area contributed by atoms with Gasteiger partial charge in [0.25, 0.3) is 53.9 Å². The highest BCUT2D eigenvalue weighted by Crippen LogP contribution is 2.38. The van der Waals surface area contributed by atoms with Crippen LogP contribution in [0.25, 0.3) is 43.9 Å². The van der Waals surface area contributed by atoms with Crippen LogP contribution in [0.2, 0.25) is 0 Å². The van der Waals surface area contributed by atoms with Crippen LogP contribution in [0.3, 0.4) is 0 Å². The molecule has 0 aliphatic carbocycles. The van der Waals surface area contributed by atoms with Crippen molar-refractivity contribution in [1.29, 1.82) is 16.2 Å². The van der Waals surface area contributed by atoms with E-state index in [4.69, 9.17) is 71.5 Å². The van der Waals surface area contributed by atoms with Gasteiger partial charge in [-0.25, -0.2) is 37.7 Å². The maximum atomic E-state index is 13.4. The number of oxime groups is 1. The van der Waals surface area contributed by atoms with Crippen LogP contribution in [-0.2, 0) is 104 Å². The Morgan fingerprint density at radius 1 is 0.433 bits per heavy atom. The van der Waals surface area contributed by atoms with Crippen molar-refractivity contribution in [2.45, 2.75) is 128 Å². The summed E-state index contributed by atoms with van der Waals surface area (Å²) in [5.41, 5.74) is 40.4. The number of rotatable bonds is 34. The van der Waals surface area contributed by atoms with Crippen molar-refractivity contribution in [1.82, 2.24) is 38.0 Å². The van der Waals surface area contributed by atoms with E-state index < -0.39 is 88.1 Å². The van der Waals surface area contributed by atoms with Gasteiger partial charge in [0, 0.05) is 93.0 Å². The van der Waals surface area contributed by atoms with Crippen LogP contribution in [0.15, 0.2) is 253 Å². The normalized spacial score (nSPS) is 12.5. The molecule has 141 heavy (non-hydrogen) atoms. The molecule has 39 nitrogen and oxygen atoms in total. The average Bonchev–Trinajstić information content (AvgIpc) is 1.68. The number of methoxy groups -OCH3 is 1. The van der Waals surface area contributed by atoms with E-state index in [1.807, 2.05) is 134 Å². The Hall–Kier alpha value is -16.1. The van der Waals surface area contributed by atoms with Crippen molar-refractivity contribution in [2.75, 3.05) is 34.6 Å². The van der Waals surface area contributed by atoms with E-state index in [-0.39, 0.29) is 45.9 Å². The van der Waals surface area contributed by atoms with Gasteiger partial charge in [-0.2, -0.15) is 25.3 Å². The third-order valence-corrected chi connectivity index (χ3v) is 26.0. The number of amidine groups is 4. The first kappa shape index (κ1) is 104. The molecule has 0 spiro atoms. The minimum absolute atomic E-state index is 0.0691.